The fourth-order valence-corrected chi connectivity index (χ4v) is 3.21. The van der Waals surface area contributed by atoms with Gasteiger partial charge in [-0.1, -0.05) is 48.5 Å². The molecular formula is C19H17N. The topological polar surface area (TPSA) is 12.0 Å². The minimum absolute atomic E-state index is 1.06. The van der Waals surface area contributed by atoms with Crippen LogP contribution in [0, 0.1) is 6.92 Å². The summed E-state index contributed by atoms with van der Waals surface area (Å²) in [5.41, 5.74) is 6.75. The van der Waals surface area contributed by atoms with Crippen LogP contribution in [-0.4, -0.2) is 6.54 Å². The molecule has 1 N–H and O–H groups in total. The average Bonchev–Trinajstić information content (AvgIpc) is 2.94. The lowest BCUT2D eigenvalue weighted by molar-refractivity contribution is 1.11. The SMILES string of the molecule is Cc1ccc2ccccc2c1-c1ccc2c(c1)NCC2. The fourth-order valence-electron chi connectivity index (χ4n) is 3.21. The van der Waals surface area contributed by atoms with Gasteiger partial charge in [0.25, 0.3) is 0 Å². The van der Waals surface area contributed by atoms with E-state index in [4.69, 9.17) is 0 Å². The van der Waals surface area contributed by atoms with Gasteiger partial charge in [0.1, 0.15) is 0 Å². The highest BCUT2D eigenvalue weighted by molar-refractivity contribution is 5.98. The molecule has 4 rings (SSSR count). The van der Waals surface area contributed by atoms with Crippen molar-refractivity contribution < 1.29 is 0 Å². The van der Waals surface area contributed by atoms with Crippen molar-refractivity contribution in [3.8, 4) is 11.1 Å². The van der Waals surface area contributed by atoms with Crippen LogP contribution >= 0.6 is 0 Å². The normalized spacial score (nSPS) is 13.2. The van der Waals surface area contributed by atoms with E-state index in [9.17, 15) is 0 Å². The predicted molar refractivity (Wildman–Crippen MR) is 86.3 cm³/mol. The lowest BCUT2D eigenvalue weighted by atomic mass is 9.93. The second kappa shape index (κ2) is 4.38. The summed E-state index contributed by atoms with van der Waals surface area (Å²) < 4.78 is 0. The van der Waals surface area contributed by atoms with E-state index in [0.717, 1.165) is 13.0 Å². The van der Waals surface area contributed by atoms with Crippen LogP contribution in [-0.2, 0) is 6.42 Å². The highest BCUT2D eigenvalue weighted by Gasteiger charge is 2.13. The van der Waals surface area contributed by atoms with Crippen LogP contribution < -0.4 is 5.32 Å². The van der Waals surface area contributed by atoms with E-state index in [1.54, 1.807) is 0 Å². The smallest absolute Gasteiger partial charge is 0.0379 e. The molecule has 0 aliphatic carbocycles. The molecule has 1 aliphatic rings. The van der Waals surface area contributed by atoms with Gasteiger partial charge in [-0.05, 0) is 52.4 Å². The molecule has 0 atom stereocenters. The Kier molecular flexibility index (Phi) is 2.53. The summed E-state index contributed by atoms with van der Waals surface area (Å²) in [6.45, 7) is 3.26. The molecule has 1 heteroatoms. The molecule has 98 valence electrons. The third-order valence-electron chi connectivity index (χ3n) is 4.25. The van der Waals surface area contributed by atoms with Crippen LogP contribution in [0.2, 0.25) is 0 Å². The Bertz CT molecular complexity index is 802. The molecule has 0 amide bonds. The maximum Gasteiger partial charge on any atom is 0.0379 e. The molecule has 0 saturated heterocycles. The first-order valence-electron chi connectivity index (χ1n) is 7.18. The first-order valence-corrected chi connectivity index (χ1v) is 7.18. The Labute approximate surface area is 119 Å². The van der Waals surface area contributed by atoms with Gasteiger partial charge in [0, 0.05) is 12.2 Å². The molecule has 0 bridgehead atoms. The van der Waals surface area contributed by atoms with E-state index >= 15 is 0 Å². The molecule has 0 saturated carbocycles. The molecule has 20 heavy (non-hydrogen) atoms. The van der Waals surface area contributed by atoms with Crippen molar-refractivity contribution in [3.05, 3.63) is 65.7 Å². The molecule has 0 fully saturated rings. The van der Waals surface area contributed by atoms with Crippen LogP contribution in [0.5, 0.6) is 0 Å². The van der Waals surface area contributed by atoms with E-state index in [0.29, 0.717) is 0 Å². The standard InChI is InChI=1S/C19H17N/c1-13-6-7-14-4-2-3-5-17(14)19(13)16-9-8-15-10-11-20-18(15)12-16/h2-9,12,20H,10-11H2,1H3. The maximum absolute atomic E-state index is 3.48. The van der Waals surface area contributed by atoms with Crippen LogP contribution in [0.4, 0.5) is 5.69 Å². The van der Waals surface area contributed by atoms with Crippen molar-refractivity contribution in [2.24, 2.45) is 0 Å². The summed E-state index contributed by atoms with van der Waals surface area (Å²) >= 11 is 0. The summed E-state index contributed by atoms with van der Waals surface area (Å²) in [4.78, 5) is 0. The third-order valence-corrected chi connectivity index (χ3v) is 4.25. The second-order valence-electron chi connectivity index (χ2n) is 5.53. The largest absolute Gasteiger partial charge is 0.384 e. The predicted octanol–water partition coefficient (Wildman–Crippen LogP) is 4.78. The fraction of sp³-hybridized carbons (Fsp3) is 0.158. The number of hydrogen-bond acceptors (Lipinski definition) is 1. The van der Waals surface area contributed by atoms with Crippen LogP contribution in [0.15, 0.2) is 54.6 Å². The number of anilines is 1. The number of benzene rings is 3. The molecular weight excluding hydrogens is 242 g/mol. The first kappa shape index (κ1) is 11.5. The first-order chi connectivity index (χ1) is 9.83. The van der Waals surface area contributed by atoms with Gasteiger partial charge in [-0.2, -0.15) is 0 Å². The molecule has 1 nitrogen and oxygen atoms in total. The quantitative estimate of drug-likeness (QED) is 0.663. The number of fused-ring (bicyclic) bond motifs is 2. The maximum atomic E-state index is 3.48. The Morgan fingerprint density at radius 3 is 2.80 bits per heavy atom. The van der Waals surface area contributed by atoms with E-state index in [-0.39, 0.29) is 0 Å². The molecule has 3 aromatic carbocycles. The van der Waals surface area contributed by atoms with Gasteiger partial charge in [0.2, 0.25) is 0 Å². The van der Waals surface area contributed by atoms with Crippen molar-refractivity contribution in [1.82, 2.24) is 0 Å². The Hall–Kier alpha value is -2.28. The summed E-state index contributed by atoms with van der Waals surface area (Å²) in [6, 6.07) is 19.9. The Morgan fingerprint density at radius 2 is 1.85 bits per heavy atom. The monoisotopic (exact) mass is 259 g/mol. The van der Waals surface area contributed by atoms with E-state index in [2.05, 4.69) is 66.8 Å². The highest BCUT2D eigenvalue weighted by Crippen LogP contribution is 2.35. The van der Waals surface area contributed by atoms with Gasteiger partial charge in [0.05, 0.1) is 0 Å². The van der Waals surface area contributed by atoms with Gasteiger partial charge in [0.15, 0.2) is 0 Å². The van der Waals surface area contributed by atoms with E-state index in [1.807, 2.05) is 0 Å². The third kappa shape index (κ3) is 1.70. The summed E-state index contributed by atoms with van der Waals surface area (Å²) in [5, 5.41) is 6.12. The van der Waals surface area contributed by atoms with Crippen molar-refractivity contribution >= 4 is 16.5 Å². The lowest BCUT2D eigenvalue weighted by Gasteiger charge is -2.12. The number of rotatable bonds is 1. The van der Waals surface area contributed by atoms with Gasteiger partial charge in [-0.25, -0.2) is 0 Å². The highest BCUT2D eigenvalue weighted by atomic mass is 14.9. The molecule has 0 spiro atoms. The number of nitrogens with one attached hydrogen (secondary N) is 1. The zero-order valence-electron chi connectivity index (χ0n) is 11.6. The van der Waals surface area contributed by atoms with Gasteiger partial charge < -0.3 is 5.32 Å². The summed E-state index contributed by atoms with van der Waals surface area (Å²) in [6.07, 6.45) is 1.14. The minimum Gasteiger partial charge on any atom is -0.384 e. The lowest BCUT2D eigenvalue weighted by Crippen LogP contribution is -1.91. The van der Waals surface area contributed by atoms with Gasteiger partial charge >= 0.3 is 0 Å². The van der Waals surface area contributed by atoms with Crippen LogP contribution in [0.1, 0.15) is 11.1 Å². The Balaban J connectivity index is 2.00. The van der Waals surface area contributed by atoms with Crippen LogP contribution in [0.3, 0.4) is 0 Å². The van der Waals surface area contributed by atoms with Crippen molar-refractivity contribution in [1.29, 1.82) is 0 Å². The zero-order valence-corrected chi connectivity index (χ0v) is 11.6. The van der Waals surface area contributed by atoms with Crippen molar-refractivity contribution in [3.63, 3.8) is 0 Å². The molecule has 3 aromatic rings. The van der Waals surface area contributed by atoms with Crippen molar-refractivity contribution in [2.45, 2.75) is 13.3 Å². The molecule has 1 aliphatic heterocycles. The molecule has 1 heterocycles. The minimum atomic E-state index is 1.06. The molecule has 0 radical (unpaired) electrons. The summed E-state index contributed by atoms with van der Waals surface area (Å²) in [5.74, 6) is 0. The van der Waals surface area contributed by atoms with E-state index in [1.165, 1.54) is 38.7 Å². The summed E-state index contributed by atoms with van der Waals surface area (Å²) in [7, 11) is 0. The van der Waals surface area contributed by atoms with Gasteiger partial charge in [-0.3, -0.25) is 0 Å². The average molecular weight is 259 g/mol. The van der Waals surface area contributed by atoms with Crippen LogP contribution in [0.25, 0.3) is 21.9 Å². The number of hydrogen-bond donors (Lipinski definition) is 1. The number of aryl methyl sites for hydroxylation is 1. The molecule has 0 unspecified atom stereocenters. The second-order valence-corrected chi connectivity index (χ2v) is 5.53. The Morgan fingerprint density at radius 1 is 0.950 bits per heavy atom. The van der Waals surface area contributed by atoms with E-state index < -0.39 is 0 Å². The van der Waals surface area contributed by atoms with Crippen molar-refractivity contribution in [2.75, 3.05) is 11.9 Å². The molecule has 0 aromatic heterocycles. The zero-order chi connectivity index (χ0) is 13.5. The van der Waals surface area contributed by atoms with Gasteiger partial charge in [-0.15, -0.1) is 0 Å².